The molecular weight excluding hydrogens is 840 g/mol. The van der Waals surface area contributed by atoms with Crippen LogP contribution in [-0.2, 0) is 29.6 Å². The second-order valence-corrected chi connectivity index (χ2v) is 19.1. The van der Waals surface area contributed by atoms with Gasteiger partial charge in [0, 0.05) is 13.2 Å². The molecule has 1 aromatic carbocycles. The van der Waals surface area contributed by atoms with Crippen LogP contribution in [0.5, 0.6) is 6.01 Å². The molecule has 0 radical (unpaired) electrons. The number of aliphatic hydroxyl groups excluding tert-OH is 3. The van der Waals surface area contributed by atoms with Gasteiger partial charge in [0.25, 0.3) is 5.56 Å². The molecule has 0 saturated heterocycles. The van der Waals surface area contributed by atoms with Crippen molar-refractivity contribution in [2.75, 3.05) is 33.0 Å². The highest BCUT2D eigenvalue weighted by molar-refractivity contribution is 7.47. The number of aromatic nitrogens is 4. The number of unbranched alkanes of at least 4 members (excludes halogenated alkanes) is 22. The topological polar surface area (TPSA) is 219 Å². The molecule has 3 rings (SSSR count). The lowest BCUT2D eigenvalue weighted by molar-refractivity contribution is -0.282. The monoisotopic (exact) mass is 922 g/mol. The van der Waals surface area contributed by atoms with Crippen LogP contribution in [0.3, 0.4) is 0 Å². The molecule has 15 nitrogen and oxygen atoms in total. The summed E-state index contributed by atoms with van der Waals surface area (Å²) in [6.45, 7) is 7.77. The summed E-state index contributed by atoms with van der Waals surface area (Å²) in [5.41, 5.74) is 1.41. The predicted octanol–water partition coefficient (Wildman–Crippen LogP) is 9.00. The maximum Gasteiger partial charge on any atom is 0.472 e. The summed E-state index contributed by atoms with van der Waals surface area (Å²) in [4.78, 5) is 34.7. The first-order valence-corrected chi connectivity index (χ1v) is 26.1. The Morgan fingerprint density at radius 3 is 1.67 bits per heavy atom. The molecule has 0 aliphatic carbocycles. The van der Waals surface area contributed by atoms with Crippen LogP contribution in [0.4, 0.5) is 0 Å². The zero-order valence-electron chi connectivity index (χ0n) is 39.6. The van der Waals surface area contributed by atoms with Gasteiger partial charge in [-0.05, 0) is 49.9 Å². The van der Waals surface area contributed by atoms with Gasteiger partial charge in [0.15, 0.2) is 11.5 Å². The minimum Gasteiger partial charge on any atom is -0.844 e. The van der Waals surface area contributed by atoms with E-state index in [4.69, 9.17) is 18.5 Å². The third-order valence-corrected chi connectivity index (χ3v) is 12.9. The molecule has 366 valence electrons. The third kappa shape index (κ3) is 21.8. The third-order valence-electron chi connectivity index (χ3n) is 12.0. The Labute approximate surface area is 382 Å². The fourth-order valence-corrected chi connectivity index (χ4v) is 8.60. The lowest BCUT2D eigenvalue weighted by Gasteiger charge is -2.26. The molecule has 0 saturated carbocycles. The van der Waals surface area contributed by atoms with E-state index in [2.05, 4.69) is 28.8 Å². The number of aliphatic hydroxyl groups is 3. The smallest absolute Gasteiger partial charge is 0.472 e. The molecule has 0 amide bonds. The number of hydrogen-bond acceptors (Lipinski definition) is 13. The van der Waals surface area contributed by atoms with Crippen LogP contribution in [0.2, 0.25) is 0 Å². The number of phosphoric ester groups is 1. The van der Waals surface area contributed by atoms with Crippen LogP contribution in [0.25, 0.3) is 22.6 Å². The van der Waals surface area contributed by atoms with Crippen molar-refractivity contribution in [1.29, 1.82) is 0 Å². The van der Waals surface area contributed by atoms with E-state index in [0.29, 0.717) is 24.2 Å². The Morgan fingerprint density at radius 2 is 1.12 bits per heavy atom. The molecule has 0 fully saturated rings. The van der Waals surface area contributed by atoms with Crippen LogP contribution in [0.1, 0.15) is 179 Å². The van der Waals surface area contributed by atoms with Crippen molar-refractivity contribution in [2.45, 2.75) is 213 Å². The number of hydrogen-bond donors (Lipinski definition) is 4. The maximum absolute atomic E-state index is 13.0. The fraction of sp³-hybridized carbons (Fsp3) is 0.792. The number of fused-ring (bicyclic) bond motifs is 2. The summed E-state index contributed by atoms with van der Waals surface area (Å²) in [5.74, 6) is -0.153. The molecular formula is C48H82N4O11P-. The van der Waals surface area contributed by atoms with Gasteiger partial charge in [0.05, 0.1) is 43.4 Å². The second-order valence-electron chi connectivity index (χ2n) is 17.7. The number of rotatable bonds is 39. The van der Waals surface area contributed by atoms with Gasteiger partial charge in [0.1, 0.15) is 24.4 Å². The van der Waals surface area contributed by atoms with E-state index >= 15 is 0 Å². The highest BCUT2D eigenvalue weighted by atomic mass is 31.2. The zero-order chi connectivity index (χ0) is 46.6. The van der Waals surface area contributed by atoms with Crippen molar-refractivity contribution in [1.82, 2.24) is 19.5 Å². The van der Waals surface area contributed by atoms with Crippen molar-refractivity contribution >= 4 is 18.9 Å². The van der Waals surface area contributed by atoms with E-state index in [-0.39, 0.29) is 24.7 Å². The van der Waals surface area contributed by atoms with E-state index in [9.17, 15) is 34.7 Å². The largest absolute Gasteiger partial charge is 0.844 e. The van der Waals surface area contributed by atoms with E-state index in [1.807, 2.05) is 13.8 Å². The van der Waals surface area contributed by atoms with Gasteiger partial charge in [-0.25, -0.2) is 19.5 Å². The van der Waals surface area contributed by atoms with Crippen molar-refractivity contribution in [3.05, 3.63) is 33.6 Å². The molecule has 4 N–H and O–H groups in total. The maximum atomic E-state index is 13.0. The molecule has 4 unspecified atom stereocenters. The van der Waals surface area contributed by atoms with Gasteiger partial charge >= 0.3 is 7.82 Å². The van der Waals surface area contributed by atoms with E-state index in [0.717, 1.165) is 43.2 Å². The zero-order valence-corrected chi connectivity index (χ0v) is 40.5. The normalized spacial score (nSPS) is 14.9. The van der Waals surface area contributed by atoms with Gasteiger partial charge in [0.2, 0.25) is 0 Å². The Morgan fingerprint density at radius 1 is 0.641 bits per heavy atom. The lowest BCUT2D eigenvalue weighted by Crippen LogP contribution is -2.42. The number of nitrogens with zero attached hydrogens (tertiary/aromatic N) is 4. The molecule has 2 aliphatic heterocycles. The van der Waals surface area contributed by atoms with Gasteiger partial charge in [-0.2, -0.15) is 0 Å². The van der Waals surface area contributed by atoms with Crippen molar-refractivity contribution < 1.29 is 48.4 Å². The van der Waals surface area contributed by atoms with Crippen LogP contribution >= 0.6 is 7.82 Å². The number of aryl methyl sites for hydroxylation is 2. The first-order chi connectivity index (χ1) is 30.9. The molecule has 2 aliphatic rings. The van der Waals surface area contributed by atoms with Crippen molar-refractivity contribution in [3.63, 3.8) is 0 Å². The Hall–Kier alpha value is -2.59. The highest BCUT2D eigenvalue weighted by Crippen LogP contribution is 2.43. The molecule has 5 atom stereocenters. The molecule has 2 heterocycles. The molecule has 64 heavy (non-hydrogen) atoms. The average Bonchev–Trinajstić information content (AvgIpc) is 3.26. The van der Waals surface area contributed by atoms with E-state index < -0.39 is 57.0 Å². The second kappa shape index (κ2) is 32.2. The SMILES string of the molecule is CCCCCCCCCCCCCCOC[C@@H](COP(=O)(O)OCC(O)C(O)C(O)Cn1c2nc([O-])nc(=O)c-2nc2cc(C)c(C)cc21)OCCCCCCCCCCCCCC. The summed E-state index contributed by atoms with van der Waals surface area (Å²) >= 11 is 0. The van der Waals surface area contributed by atoms with Gasteiger partial charge in [-0.15, -0.1) is 0 Å². The fourth-order valence-electron chi connectivity index (χ4n) is 7.83. The Balaban J connectivity index is 1.47. The number of phosphoric acid groups is 1. The van der Waals surface area contributed by atoms with Crippen molar-refractivity contribution in [2.24, 2.45) is 0 Å². The Bertz CT molecular complexity index is 1780. The summed E-state index contributed by atoms with van der Waals surface area (Å²) in [6, 6.07) is 2.43. The van der Waals surface area contributed by atoms with Gasteiger partial charge in [-0.1, -0.05) is 155 Å². The van der Waals surface area contributed by atoms with Crippen LogP contribution < -0.4 is 10.7 Å². The predicted molar refractivity (Wildman–Crippen MR) is 250 cm³/mol. The molecule has 1 aromatic rings. The van der Waals surface area contributed by atoms with Gasteiger partial charge in [-0.3, -0.25) is 13.8 Å². The average molecular weight is 922 g/mol. The van der Waals surface area contributed by atoms with Crippen LogP contribution in [0.15, 0.2) is 16.9 Å². The summed E-state index contributed by atoms with van der Waals surface area (Å²) < 4.78 is 36.7. The standard InChI is InChI=1S/C48H83N4O11P/c1-5-7-9-11-13-15-17-19-21-23-25-27-29-60-34-39(61-30-28-26-24-22-20-18-16-14-12-10-8-6-2)35-62-64(58,59)63-36-43(54)45(55)42(53)33-52-41-32-38(4)37(3)31-40(41)49-44-46(52)50-48(57)51-47(44)56/h31-32,39,42-43,45,53-55H,5-30,33-36H2,1-4H3,(H,58,59)(H,51,56,57)/p-1/t39-,42?,43?,45?/m0/s1. The first kappa shape index (κ1) is 55.7. The quantitative estimate of drug-likeness (QED) is 0.0239. The summed E-state index contributed by atoms with van der Waals surface area (Å²) in [6.07, 6.45) is 23.5. The lowest BCUT2D eigenvalue weighted by atomic mass is 10.1. The van der Waals surface area contributed by atoms with E-state index in [1.54, 1.807) is 12.1 Å². The molecule has 0 spiro atoms. The minimum atomic E-state index is -4.76. The highest BCUT2D eigenvalue weighted by Gasteiger charge is 2.32. The van der Waals surface area contributed by atoms with Gasteiger partial charge < -0.3 is 39.4 Å². The number of ether oxygens (including phenoxy) is 2. The molecule has 16 heteroatoms. The summed E-state index contributed by atoms with van der Waals surface area (Å²) in [7, 11) is -4.76. The number of benzene rings is 1. The van der Waals surface area contributed by atoms with Crippen molar-refractivity contribution in [3.8, 4) is 17.5 Å². The molecule has 0 aromatic heterocycles. The van der Waals surface area contributed by atoms with Crippen LogP contribution in [0, 0.1) is 13.8 Å². The molecule has 0 bridgehead atoms. The first-order valence-electron chi connectivity index (χ1n) is 24.6. The Kier molecular flexibility index (Phi) is 28.0. The van der Waals surface area contributed by atoms with Crippen LogP contribution in [-0.4, -0.2) is 97.2 Å². The van der Waals surface area contributed by atoms with E-state index in [1.165, 1.54) is 127 Å². The summed E-state index contributed by atoms with van der Waals surface area (Å²) in [5, 5.41) is 44.9. The minimum absolute atomic E-state index is 0.153.